The molecule has 0 radical (unpaired) electrons. The van der Waals surface area contributed by atoms with Crippen molar-refractivity contribution in [3.63, 3.8) is 0 Å². The average Bonchev–Trinajstić information content (AvgIpc) is 2.56. The highest BCUT2D eigenvalue weighted by molar-refractivity contribution is 7.89. The third-order valence-corrected chi connectivity index (χ3v) is 4.41. The number of nitrogens with two attached hydrogens (primary N) is 1. The molecule has 11 heteroatoms. The largest absolute Gasteiger partial charge is 0.354 e. The van der Waals surface area contributed by atoms with Crippen LogP contribution in [0.2, 0.25) is 0 Å². The number of nitrogens with one attached hydrogen (secondary N) is 1. The van der Waals surface area contributed by atoms with Crippen molar-refractivity contribution in [1.29, 1.82) is 0 Å². The standard InChI is InChI=1S/C15H16N4O6S/c16-26(24,25)13-4-1-11(2-5-13)7-8-17-14(20)10-18-9-12(19(22)23)3-6-15(18)21/h1-6,9H,7-8,10H2,(H,17,20)(H2,16,24,25). The maximum Gasteiger partial charge on any atom is 0.285 e. The summed E-state index contributed by atoms with van der Waals surface area (Å²) in [7, 11) is -3.75. The number of pyridine rings is 1. The van der Waals surface area contributed by atoms with Gasteiger partial charge in [-0.2, -0.15) is 0 Å². The van der Waals surface area contributed by atoms with E-state index < -0.39 is 26.4 Å². The Morgan fingerprint density at radius 3 is 2.42 bits per heavy atom. The Morgan fingerprint density at radius 2 is 1.85 bits per heavy atom. The molecule has 0 atom stereocenters. The number of amides is 1. The highest BCUT2D eigenvalue weighted by atomic mass is 32.2. The summed E-state index contributed by atoms with van der Waals surface area (Å²) in [6.07, 6.45) is 1.44. The van der Waals surface area contributed by atoms with Crippen LogP contribution in [0.3, 0.4) is 0 Å². The molecule has 0 aliphatic rings. The molecule has 138 valence electrons. The molecule has 0 saturated heterocycles. The zero-order chi connectivity index (χ0) is 19.3. The predicted molar refractivity (Wildman–Crippen MR) is 91.9 cm³/mol. The fourth-order valence-electron chi connectivity index (χ4n) is 2.15. The van der Waals surface area contributed by atoms with Gasteiger partial charge < -0.3 is 5.32 Å². The van der Waals surface area contributed by atoms with E-state index in [1.54, 1.807) is 12.1 Å². The minimum Gasteiger partial charge on any atom is -0.354 e. The van der Waals surface area contributed by atoms with Gasteiger partial charge in [0.25, 0.3) is 11.2 Å². The molecule has 0 fully saturated rings. The fourth-order valence-corrected chi connectivity index (χ4v) is 2.67. The second kappa shape index (κ2) is 7.89. The highest BCUT2D eigenvalue weighted by Crippen LogP contribution is 2.09. The van der Waals surface area contributed by atoms with E-state index in [9.17, 15) is 28.1 Å². The molecule has 2 rings (SSSR count). The molecule has 10 nitrogen and oxygen atoms in total. The van der Waals surface area contributed by atoms with E-state index in [1.165, 1.54) is 12.1 Å². The Bertz CT molecular complexity index is 982. The molecule has 0 unspecified atom stereocenters. The summed E-state index contributed by atoms with van der Waals surface area (Å²) < 4.78 is 23.3. The van der Waals surface area contributed by atoms with Crippen LogP contribution >= 0.6 is 0 Å². The van der Waals surface area contributed by atoms with Crippen molar-refractivity contribution < 1.29 is 18.1 Å². The third kappa shape index (κ3) is 5.22. The molecule has 1 amide bonds. The number of hydrogen-bond donors (Lipinski definition) is 2. The van der Waals surface area contributed by atoms with E-state index in [-0.39, 0.29) is 23.7 Å². The van der Waals surface area contributed by atoms with Crippen molar-refractivity contribution in [2.75, 3.05) is 6.54 Å². The predicted octanol–water partition coefficient (Wildman–Crippen LogP) is -0.237. The molecule has 0 aliphatic heterocycles. The number of aromatic nitrogens is 1. The first-order chi connectivity index (χ1) is 12.2. The van der Waals surface area contributed by atoms with Gasteiger partial charge in [0.15, 0.2) is 0 Å². The summed E-state index contributed by atoms with van der Waals surface area (Å²) >= 11 is 0. The maximum absolute atomic E-state index is 11.9. The van der Waals surface area contributed by atoms with Crippen LogP contribution in [0.4, 0.5) is 5.69 Å². The Kier molecular flexibility index (Phi) is 5.85. The highest BCUT2D eigenvalue weighted by Gasteiger charge is 2.11. The fraction of sp³-hybridized carbons (Fsp3) is 0.200. The molecule has 0 bridgehead atoms. The number of hydrogen-bond acceptors (Lipinski definition) is 6. The monoisotopic (exact) mass is 380 g/mol. The number of nitrogens with zero attached hydrogens (tertiary/aromatic N) is 2. The van der Waals surface area contributed by atoms with Crippen LogP contribution in [0.1, 0.15) is 5.56 Å². The van der Waals surface area contributed by atoms with Crippen LogP contribution in [-0.2, 0) is 27.8 Å². The van der Waals surface area contributed by atoms with E-state index >= 15 is 0 Å². The van der Waals surface area contributed by atoms with Crippen LogP contribution in [-0.4, -0.2) is 30.4 Å². The van der Waals surface area contributed by atoms with Gasteiger partial charge in [0.05, 0.1) is 16.0 Å². The van der Waals surface area contributed by atoms with Crippen LogP contribution in [0, 0.1) is 10.1 Å². The molecule has 0 spiro atoms. The number of primary sulfonamides is 1. The molecule has 1 aromatic heterocycles. The first-order valence-corrected chi connectivity index (χ1v) is 8.95. The summed E-state index contributed by atoms with van der Waals surface area (Å²) in [5.74, 6) is -0.478. The van der Waals surface area contributed by atoms with Gasteiger partial charge in [0, 0.05) is 18.7 Å². The molecular formula is C15H16N4O6S. The van der Waals surface area contributed by atoms with E-state index in [1.807, 2.05) is 0 Å². The van der Waals surface area contributed by atoms with Crippen LogP contribution < -0.4 is 16.0 Å². The molecular weight excluding hydrogens is 364 g/mol. The van der Waals surface area contributed by atoms with E-state index in [4.69, 9.17) is 5.14 Å². The van der Waals surface area contributed by atoms with Gasteiger partial charge in [-0.05, 0) is 24.1 Å². The van der Waals surface area contributed by atoms with Gasteiger partial charge in [-0.15, -0.1) is 0 Å². The summed E-state index contributed by atoms with van der Waals surface area (Å²) in [4.78, 5) is 33.6. The lowest BCUT2D eigenvalue weighted by molar-refractivity contribution is -0.385. The number of rotatable bonds is 7. The van der Waals surface area contributed by atoms with Gasteiger partial charge in [-0.1, -0.05) is 12.1 Å². The normalized spacial score (nSPS) is 11.1. The second-order valence-corrected chi connectivity index (χ2v) is 6.96. The van der Waals surface area contributed by atoms with Gasteiger partial charge in [0.2, 0.25) is 15.9 Å². The second-order valence-electron chi connectivity index (χ2n) is 5.40. The number of nitro groups is 1. The molecule has 26 heavy (non-hydrogen) atoms. The Balaban J connectivity index is 1.91. The topological polar surface area (TPSA) is 154 Å². The quantitative estimate of drug-likeness (QED) is 0.499. The van der Waals surface area contributed by atoms with Crippen LogP contribution in [0.15, 0.2) is 52.3 Å². The first kappa shape index (κ1) is 19.3. The number of carbonyl (C=O) groups is 1. The van der Waals surface area contributed by atoms with Crippen molar-refractivity contribution >= 4 is 21.6 Å². The Hall–Kier alpha value is -3.05. The van der Waals surface area contributed by atoms with E-state index in [0.717, 1.165) is 28.5 Å². The van der Waals surface area contributed by atoms with Crippen LogP contribution in [0.5, 0.6) is 0 Å². The van der Waals surface area contributed by atoms with Crippen molar-refractivity contribution in [2.45, 2.75) is 17.9 Å². The number of benzene rings is 1. The molecule has 1 aromatic carbocycles. The molecule has 2 aromatic rings. The average molecular weight is 380 g/mol. The smallest absolute Gasteiger partial charge is 0.285 e. The third-order valence-electron chi connectivity index (χ3n) is 3.48. The minimum absolute atomic E-state index is 0.00432. The summed E-state index contributed by atoms with van der Waals surface area (Å²) in [6, 6.07) is 8.00. The lowest BCUT2D eigenvalue weighted by Crippen LogP contribution is -2.33. The summed E-state index contributed by atoms with van der Waals surface area (Å²) in [6.45, 7) is -0.0951. The van der Waals surface area contributed by atoms with Crippen molar-refractivity contribution in [3.05, 3.63) is 68.6 Å². The van der Waals surface area contributed by atoms with Gasteiger partial charge >= 0.3 is 0 Å². The van der Waals surface area contributed by atoms with Crippen molar-refractivity contribution in [3.8, 4) is 0 Å². The lowest BCUT2D eigenvalue weighted by atomic mass is 10.1. The Morgan fingerprint density at radius 1 is 1.19 bits per heavy atom. The molecule has 1 heterocycles. The van der Waals surface area contributed by atoms with Gasteiger partial charge in [-0.3, -0.25) is 24.3 Å². The van der Waals surface area contributed by atoms with Crippen molar-refractivity contribution in [2.24, 2.45) is 5.14 Å². The van der Waals surface area contributed by atoms with Gasteiger partial charge in [0.1, 0.15) is 6.54 Å². The summed E-state index contributed by atoms with van der Waals surface area (Å²) in [5, 5.41) is 18.3. The lowest BCUT2D eigenvalue weighted by Gasteiger charge is -2.08. The first-order valence-electron chi connectivity index (χ1n) is 7.40. The zero-order valence-electron chi connectivity index (χ0n) is 13.5. The maximum atomic E-state index is 11.9. The molecule has 0 aliphatic carbocycles. The SMILES string of the molecule is NS(=O)(=O)c1ccc(CCNC(=O)Cn2cc([N+](=O)[O-])ccc2=O)cc1. The van der Waals surface area contributed by atoms with Crippen LogP contribution in [0.25, 0.3) is 0 Å². The van der Waals surface area contributed by atoms with E-state index in [2.05, 4.69) is 5.32 Å². The molecule has 3 N–H and O–H groups in total. The van der Waals surface area contributed by atoms with Gasteiger partial charge in [-0.25, -0.2) is 13.6 Å². The van der Waals surface area contributed by atoms with E-state index in [0.29, 0.717) is 6.42 Å². The van der Waals surface area contributed by atoms with Crippen molar-refractivity contribution in [1.82, 2.24) is 9.88 Å². The number of sulfonamides is 1. The molecule has 0 saturated carbocycles. The Labute approximate surface area is 148 Å². The number of carbonyl (C=O) groups excluding carboxylic acids is 1. The zero-order valence-corrected chi connectivity index (χ0v) is 14.3. The summed E-state index contributed by atoms with van der Waals surface area (Å²) in [5.41, 5.74) is -0.0260. The minimum atomic E-state index is -3.75.